The van der Waals surface area contributed by atoms with Crippen molar-refractivity contribution in [2.45, 2.75) is 51.1 Å². The van der Waals surface area contributed by atoms with Crippen molar-refractivity contribution >= 4 is 10.0 Å². The molecule has 1 aliphatic rings. The topological polar surface area (TPSA) is 80.6 Å². The van der Waals surface area contributed by atoms with Gasteiger partial charge in [-0.2, -0.15) is 0 Å². The molecule has 1 fully saturated rings. The van der Waals surface area contributed by atoms with E-state index in [1.807, 2.05) is 13.8 Å². The van der Waals surface area contributed by atoms with Gasteiger partial charge in [-0.1, -0.05) is 6.92 Å². The number of hydrogen-bond acceptors (Lipinski definition) is 5. The Labute approximate surface area is 126 Å². The first-order chi connectivity index (χ1) is 9.79. The van der Waals surface area contributed by atoms with Crippen LogP contribution < -0.4 is 10.0 Å². The second-order valence-electron chi connectivity index (χ2n) is 5.77. The van der Waals surface area contributed by atoms with Crippen LogP contribution in [0.25, 0.3) is 0 Å². The van der Waals surface area contributed by atoms with Crippen molar-refractivity contribution in [1.29, 1.82) is 0 Å². The Morgan fingerprint density at radius 1 is 1.29 bits per heavy atom. The van der Waals surface area contributed by atoms with Crippen LogP contribution in [0.2, 0.25) is 0 Å². The van der Waals surface area contributed by atoms with Crippen molar-refractivity contribution in [1.82, 2.24) is 10.0 Å². The molecule has 0 saturated carbocycles. The largest absolute Gasteiger partial charge is 0.465 e. The highest BCUT2D eigenvalue weighted by molar-refractivity contribution is 7.89. The monoisotopic (exact) mass is 316 g/mol. The Hall–Kier alpha value is -0.890. The lowest BCUT2D eigenvalue weighted by Gasteiger charge is -2.23. The zero-order chi connectivity index (χ0) is 15.7. The van der Waals surface area contributed by atoms with Gasteiger partial charge in [0.1, 0.15) is 16.4 Å². The predicted molar refractivity (Wildman–Crippen MR) is 79.7 cm³/mol. The molecule has 6 nitrogen and oxygen atoms in total. The summed E-state index contributed by atoms with van der Waals surface area (Å²) in [6, 6.07) is 0. The van der Waals surface area contributed by atoms with Gasteiger partial charge < -0.3 is 14.5 Å². The lowest BCUT2D eigenvalue weighted by atomic mass is 10.0. The molecule has 2 rings (SSSR count). The van der Waals surface area contributed by atoms with Gasteiger partial charge in [0.2, 0.25) is 10.0 Å². The first-order valence-corrected chi connectivity index (χ1v) is 8.69. The summed E-state index contributed by atoms with van der Waals surface area (Å²) in [5.41, 5.74) is 0.149. The molecule has 1 saturated heterocycles. The molecule has 0 aliphatic carbocycles. The van der Waals surface area contributed by atoms with Gasteiger partial charge in [-0.05, 0) is 33.7 Å². The highest BCUT2D eigenvalue weighted by atomic mass is 32.2. The van der Waals surface area contributed by atoms with Crippen molar-refractivity contribution < 1.29 is 17.6 Å². The Balaban J connectivity index is 2.35. The Morgan fingerprint density at radius 2 is 2.00 bits per heavy atom. The van der Waals surface area contributed by atoms with Gasteiger partial charge in [-0.3, -0.25) is 0 Å². The van der Waals surface area contributed by atoms with Crippen molar-refractivity contribution in [2.75, 3.05) is 19.8 Å². The van der Waals surface area contributed by atoms with Crippen LogP contribution >= 0.6 is 0 Å². The molecule has 1 aromatic rings. The molecule has 1 atom stereocenters. The number of hydrogen-bond donors (Lipinski definition) is 2. The second kappa shape index (κ2) is 6.08. The van der Waals surface area contributed by atoms with E-state index in [2.05, 4.69) is 10.0 Å². The normalized spacial score (nSPS) is 22.9. The summed E-state index contributed by atoms with van der Waals surface area (Å²) in [6.07, 6.45) is 0.671. The predicted octanol–water partition coefficient (Wildman–Crippen LogP) is 1.46. The number of rotatable bonds is 6. The van der Waals surface area contributed by atoms with E-state index in [1.165, 1.54) is 0 Å². The minimum atomic E-state index is -3.64. The zero-order valence-electron chi connectivity index (χ0n) is 13.1. The molecule has 0 aromatic carbocycles. The third-order valence-electron chi connectivity index (χ3n) is 3.75. The maximum atomic E-state index is 12.8. The van der Waals surface area contributed by atoms with E-state index in [4.69, 9.17) is 9.15 Å². The van der Waals surface area contributed by atoms with E-state index >= 15 is 0 Å². The Morgan fingerprint density at radius 3 is 2.57 bits per heavy atom. The zero-order valence-corrected chi connectivity index (χ0v) is 13.9. The molecular weight excluding hydrogens is 292 g/mol. The van der Waals surface area contributed by atoms with Crippen LogP contribution in [0.5, 0.6) is 0 Å². The van der Waals surface area contributed by atoms with E-state index in [9.17, 15) is 8.42 Å². The summed E-state index contributed by atoms with van der Waals surface area (Å²) >= 11 is 0. The summed E-state index contributed by atoms with van der Waals surface area (Å²) in [4.78, 5) is 0.258. The van der Waals surface area contributed by atoms with Crippen molar-refractivity contribution in [3.63, 3.8) is 0 Å². The van der Waals surface area contributed by atoms with Crippen LogP contribution in [0.4, 0.5) is 0 Å². The average Bonchev–Trinajstić information content (AvgIpc) is 2.90. The molecule has 21 heavy (non-hydrogen) atoms. The van der Waals surface area contributed by atoms with E-state index in [0.717, 1.165) is 6.54 Å². The highest BCUT2D eigenvalue weighted by Crippen LogP contribution is 2.29. The first-order valence-electron chi connectivity index (χ1n) is 7.20. The Bertz CT molecular complexity index is 601. The number of furan rings is 1. The van der Waals surface area contributed by atoms with Gasteiger partial charge in [0.15, 0.2) is 0 Å². The van der Waals surface area contributed by atoms with Crippen molar-refractivity contribution in [3.05, 3.63) is 17.1 Å². The molecule has 1 unspecified atom stereocenters. The minimum absolute atomic E-state index is 0.258. The molecule has 1 aromatic heterocycles. The van der Waals surface area contributed by atoms with Crippen LogP contribution in [0.15, 0.2) is 9.31 Å². The highest BCUT2D eigenvalue weighted by Gasteiger charge is 2.37. The molecule has 2 N–H and O–H groups in total. The fourth-order valence-electron chi connectivity index (χ4n) is 2.64. The minimum Gasteiger partial charge on any atom is -0.465 e. The maximum Gasteiger partial charge on any atom is 0.244 e. The quantitative estimate of drug-likeness (QED) is 0.830. The fourth-order valence-corrected chi connectivity index (χ4v) is 4.51. The summed E-state index contributed by atoms with van der Waals surface area (Å²) in [7, 11) is -3.64. The van der Waals surface area contributed by atoms with E-state index in [0.29, 0.717) is 43.3 Å². The average molecular weight is 316 g/mol. The summed E-state index contributed by atoms with van der Waals surface area (Å²) in [5.74, 6) is 1.07. The van der Waals surface area contributed by atoms with E-state index < -0.39 is 15.6 Å². The lowest BCUT2D eigenvalue weighted by Crippen LogP contribution is -2.46. The molecule has 0 amide bonds. The third kappa shape index (κ3) is 3.48. The van der Waals surface area contributed by atoms with Crippen molar-refractivity contribution in [3.8, 4) is 0 Å². The summed E-state index contributed by atoms with van der Waals surface area (Å²) in [6.45, 7) is 9.53. The van der Waals surface area contributed by atoms with E-state index in [1.54, 1.807) is 13.8 Å². The van der Waals surface area contributed by atoms with Gasteiger partial charge >= 0.3 is 0 Å². The standard InChI is InChI=1S/C14H24N2O4S/c1-5-15-8-12-10(2)20-11(3)13(12)21(17,18)16-14(4)6-7-19-9-14/h15-16H,5-9H2,1-4H3. The maximum absolute atomic E-state index is 12.8. The van der Waals surface area contributed by atoms with Gasteiger partial charge in [-0.25, -0.2) is 13.1 Å². The first kappa shape index (κ1) is 16.5. The number of aryl methyl sites for hydroxylation is 2. The van der Waals surface area contributed by atoms with Crippen LogP contribution in [-0.4, -0.2) is 33.7 Å². The SMILES string of the molecule is CCNCc1c(C)oc(C)c1S(=O)(=O)NC1(C)CCOC1. The smallest absolute Gasteiger partial charge is 0.244 e. The summed E-state index contributed by atoms with van der Waals surface area (Å²) < 4.78 is 39.1. The van der Waals surface area contributed by atoms with Gasteiger partial charge in [0.25, 0.3) is 0 Å². The molecule has 0 bridgehead atoms. The van der Waals surface area contributed by atoms with Crippen molar-refractivity contribution in [2.24, 2.45) is 0 Å². The van der Waals surface area contributed by atoms with Crippen LogP contribution in [0.3, 0.4) is 0 Å². The van der Waals surface area contributed by atoms with Crippen LogP contribution in [0.1, 0.15) is 37.4 Å². The molecule has 120 valence electrons. The van der Waals surface area contributed by atoms with Gasteiger partial charge in [0, 0.05) is 18.7 Å². The van der Waals surface area contributed by atoms with Crippen LogP contribution in [0, 0.1) is 13.8 Å². The van der Waals surface area contributed by atoms with Gasteiger partial charge in [0.05, 0.1) is 12.1 Å². The number of sulfonamides is 1. The molecule has 0 radical (unpaired) electrons. The molecule has 1 aliphatic heterocycles. The van der Waals surface area contributed by atoms with E-state index in [-0.39, 0.29) is 4.90 Å². The second-order valence-corrected chi connectivity index (χ2v) is 7.39. The van der Waals surface area contributed by atoms with Gasteiger partial charge in [-0.15, -0.1) is 0 Å². The lowest BCUT2D eigenvalue weighted by molar-refractivity contribution is 0.178. The molecule has 0 spiro atoms. The molecular formula is C14H24N2O4S. The van der Waals surface area contributed by atoms with Crippen LogP contribution in [-0.2, 0) is 21.3 Å². The molecule has 2 heterocycles. The number of ether oxygens (including phenoxy) is 1. The summed E-state index contributed by atoms with van der Waals surface area (Å²) in [5, 5.41) is 3.16. The number of nitrogens with one attached hydrogen (secondary N) is 2. The fraction of sp³-hybridized carbons (Fsp3) is 0.714. The third-order valence-corrected chi connectivity index (χ3v) is 5.58. The Kier molecular flexibility index (Phi) is 4.77. The molecule has 7 heteroatoms.